The molecule has 6 heteroatoms. The number of anilines is 1. The normalized spacial score (nSPS) is 12.7. The second-order valence-electron chi connectivity index (χ2n) is 2.64. The van der Waals surface area contributed by atoms with Gasteiger partial charge in [0, 0.05) is 24.7 Å². The Morgan fingerprint density at radius 2 is 2.29 bits per heavy atom. The third kappa shape index (κ3) is 2.60. The van der Waals surface area contributed by atoms with E-state index in [1.807, 2.05) is 6.92 Å². The van der Waals surface area contributed by atoms with E-state index in [-0.39, 0.29) is 6.04 Å². The Balaban J connectivity index is 2.84. The van der Waals surface area contributed by atoms with Crippen molar-refractivity contribution in [3.8, 4) is 0 Å². The van der Waals surface area contributed by atoms with E-state index in [4.69, 9.17) is 11.1 Å². The predicted octanol–water partition coefficient (Wildman–Crippen LogP) is 0.544. The van der Waals surface area contributed by atoms with E-state index in [1.54, 1.807) is 12.4 Å². The second kappa shape index (κ2) is 5.03. The van der Waals surface area contributed by atoms with Crippen molar-refractivity contribution < 1.29 is 0 Å². The van der Waals surface area contributed by atoms with Gasteiger partial charge in [0.25, 0.3) is 0 Å². The van der Waals surface area contributed by atoms with Crippen molar-refractivity contribution in [2.75, 3.05) is 5.43 Å². The summed E-state index contributed by atoms with van der Waals surface area (Å²) in [6.07, 6.45) is 5.49. The molecule has 0 aromatic carbocycles. The van der Waals surface area contributed by atoms with Crippen LogP contribution in [0.5, 0.6) is 0 Å². The van der Waals surface area contributed by atoms with Gasteiger partial charge in [-0.05, 0) is 6.92 Å². The molecule has 74 valence electrons. The van der Waals surface area contributed by atoms with Crippen molar-refractivity contribution in [2.45, 2.75) is 13.0 Å². The fourth-order valence-electron chi connectivity index (χ4n) is 0.904. The maximum atomic E-state index is 6.73. The summed E-state index contributed by atoms with van der Waals surface area (Å²) in [6, 6.07) is -0.207. The zero-order valence-electron chi connectivity index (χ0n) is 7.81. The molecule has 0 radical (unpaired) electrons. The topological polar surface area (TPSA) is 100 Å². The summed E-state index contributed by atoms with van der Waals surface area (Å²) in [6.45, 7) is 1.82. The summed E-state index contributed by atoms with van der Waals surface area (Å²) < 4.78 is 0. The average molecular weight is 192 g/mol. The van der Waals surface area contributed by atoms with Crippen LogP contribution in [0.4, 0.5) is 5.82 Å². The minimum Gasteiger partial charge on any atom is -0.323 e. The summed E-state index contributed by atoms with van der Waals surface area (Å²) in [5, 5.41) is 10.5. The van der Waals surface area contributed by atoms with Crippen LogP contribution < -0.4 is 11.2 Å². The zero-order valence-corrected chi connectivity index (χ0v) is 7.81. The highest BCUT2D eigenvalue weighted by Crippen LogP contribution is 2.14. The number of nitrogens with zero attached hydrogens (tertiary/aromatic N) is 3. The summed E-state index contributed by atoms with van der Waals surface area (Å²) >= 11 is 0. The van der Waals surface area contributed by atoms with E-state index in [9.17, 15) is 0 Å². The highest BCUT2D eigenvalue weighted by molar-refractivity contribution is 6.14. The van der Waals surface area contributed by atoms with Crippen molar-refractivity contribution in [3.63, 3.8) is 0 Å². The molecule has 1 aromatic rings. The van der Waals surface area contributed by atoms with E-state index in [2.05, 4.69) is 20.5 Å². The number of hydrazone groups is 1. The molecule has 0 aliphatic heterocycles. The number of nitrogens with one attached hydrogen (secondary N) is 2. The van der Waals surface area contributed by atoms with Gasteiger partial charge >= 0.3 is 0 Å². The summed E-state index contributed by atoms with van der Waals surface area (Å²) in [4.78, 5) is 8.11. The molecule has 0 bridgehead atoms. The van der Waals surface area contributed by atoms with Crippen molar-refractivity contribution in [1.82, 2.24) is 9.97 Å². The maximum absolute atomic E-state index is 6.73. The van der Waals surface area contributed by atoms with Crippen LogP contribution in [0, 0.1) is 5.41 Å². The number of hydrogen-bond donors (Lipinski definition) is 3. The molecule has 0 aliphatic carbocycles. The van der Waals surface area contributed by atoms with Gasteiger partial charge in [0.2, 0.25) is 0 Å². The summed E-state index contributed by atoms with van der Waals surface area (Å²) in [5.74, 6) is 0.514. The Bertz CT molecular complexity index is 332. The smallest absolute Gasteiger partial charge is 0.169 e. The first-order valence-corrected chi connectivity index (χ1v) is 4.10. The van der Waals surface area contributed by atoms with Gasteiger partial charge in [-0.15, -0.1) is 0 Å². The minimum atomic E-state index is -0.207. The minimum absolute atomic E-state index is 0.207. The molecule has 0 aliphatic rings. The van der Waals surface area contributed by atoms with Crippen molar-refractivity contribution in [3.05, 3.63) is 18.1 Å². The van der Waals surface area contributed by atoms with E-state index < -0.39 is 0 Å². The molecule has 1 aromatic heterocycles. The molecule has 0 amide bonds. The molecule has 1 rings (SSSR count). The van der Waals surface area contributed by atoms with Gasteiger partial charge in [-0.3, -0.25) is 10.4 Å². The van der Waals surface area contributed by atoms with Gasteiger partial charge in [-0.25, -0.2) is 4.98 Å². The molecule has 0 spiro atoms. The molecule has 1 unspecified atom stereocenters. The van der Waals surface area contributed by atoms with E-state index in [1.165, 1.54) is 6.21 Å². The van der Waals surface area contributed by atoms with Crippen molar-refractivity contribution in [1.29, 1.82) is 5.41 Å². The van der Waals surface area contributed by atoms with Gasteiger partial charge in [0.15, 0.2) is 5.82 Å². The number of aromatic nitrogens is 2. The Labute approximate surface area is 81.8 Å². The van der Waals surface area contributed by atoms with Crippen LogP contribution in [0.1, 0.15) is 18.7 Å². The lowest BCUT2D eigenvalue weighted by Crippen LogP contribution is -2.11. The third-order valence-corrected chi connectivity index (χ3v) is 1.48. The highest BCUT2D eigenvalue weighted by atomic mass is 15.3. The van der Waals surface area contributed by atoms with Crippen LogP contribution in [0.2, 0.25) is 0 Å². The SMILES string of the molecule is CC(N)c1nccnc1N/N=C\C=N. The van der Waals surface area contributed by atoms with Crippen LogP contribution in [-0.2, 0) is 0 Å². The first-order chi connectivity index (χ1) is 6.75. The highest BCUT2D eigenvalue weighted by Gasteiger charge is 2.07. The maximum Gasteiger partial charge on any atom is 0.169 e. The fraction of sp³-hybridized carbons (Fsp3) is 0.250. The Morgan fingerprint density at radius 1 is 1.57 bits per heavy atom. The van der Waals surface area contributed by atoms with Crippen LogP contribution in [0.3, 0.4) is 0 Å². The quantitative estimate of drug-likeness (QED) is 0.479. The lowest BCUT2D eigenvalue weighted by atomic mass is 10.2. The average Bonchev–Trinajstić information content (AvgIpc) is 2.19. The molecule has 0 saturated heterocycles. The van der Waals surface area contributed by atoms with Gasteiger partial charge in [-0.2, -0.15) is 5.10 Å². The van der Waals surface area contributed by atoms with E-state index >= 15 is 0 Å². The number of hydrogen-bond acceptors (Lipinski definition) is 6. The van der Waals surface area contributed by atoms with E-state index in [0.717, 1.165) is 6.21 Å². The predicted molar refractivity (Wildman–Crippen MR) is 55.5 cm³/mol. The lowest BCUT2D eigenvalue weighted by Gasteiger charge is -2.08. The molecular weight excluding hydrogens is 180 g/mol. The van der Waals surface area contributed by atoms with Crippen molar-refractivity contribution >= 4 is 18.2 Å². The summed E-state index contributed by atoms with van der Waals surface area (Å²) in [7, 11) is 0. The van der Waals surface area contributed by atoms with Crippen molar-refractivity contribution in [2.24, 2.45) is 10.8 Å². The van der Waals surface area contributed by atoms with Crippen LogP contribution in [-0.4, -0.2) is 22.4 Å². The van der Waals surface area contributed by atoms with Crippen LogP contribution >= 0.6 is 0 Å². The van der Waals surface area contributed by atoms with Gasteiger partial charge < -0.3 is 11.1 Å². The zero-order chi connectivity index (χ0) is 10.4. The standard InChI is InChI=1S/C8H12N6/c1-6(10)7-8(12-5-4-11-7)14-13-3-2-9/h2-6,9H,10H2,1H3,(H,12,14)/b9-2?,13-3-. The molecule has 14 heavy (non-hydrogen) atoms. The third-order valence-electron chi connectivity index (χ3n) is 1.48. The summed E-state index contributed by atoms with van der Waals surface area (Å²) in [5.41, 5.74) is 8.99. The first-order valence-electron chi connectivity index (χ1n) is 4.10. The molecule has 1 atom stereocenters. The Hall–Kier alpha value is -1.82. The molecule has 6 nitrogen and oxygen atoms in total. The Kier molecular flexibility index (Phi) is 3.69. The van der Waals surface area contributed by atoms with Gasteiger partial charge in [0.1, 0.15) is 5.69 Å². The fourth-order valence-corrected chi connectivity index (χ4v) is 0.904. The first kappa shape index (κ1) is 10.3. The van der Waals surface area contributed by atoms with Crippen LogP contribution in [0.25, 0.3) is 0 Å². The van der Waals surface area contributed by atoms with Crippen LogP contribution in [0.15, 0.2) is 17.5 Å². The van der Waals surface area contributed by atoms with Gasteiger partial charge in [-0.1, -0.05) is 0 Å². The largest absolute Gasteiger partial charge is 0.323 e. The molecule has 4 N–H and O–H groups in total. The number of rotatable bonds is 4. The molecular formula is C8H12N6. The number of nitrogens with two attached hydrogens (primary N) is 1. The molecule has 0 fully saturated rings. The molecule has 1 heterocycles. The van der Waals surface area contributed by atoms with Gasteiger partial charge in [0.05, 0.1) is 6.21 Å². The monoisotopic (exact) mass is 192 g/mol. The molecule has 0 saturated carbocycles. The second-order valence-corrected chi connectivity index (χ2v) is 2.64. The Morgan fingerprint density at radius 3 is 2.93 bits per heavy atom. The van der Waals surface area contributed by atoms with E-state index in [0.29, 0.717) is 11.5 Å². The lowest BCUT2D eigenvalue weighted by molar-refractivity contribution is 0.774.